The third kappa shape index (κ3) is 11.9. The summed E-state index contributed by atoms with van der Waals surface area (Å²) in [5.74, 6) is -0.111. The van der Waals surface area contributed by atoms with Crippen LogP contribution in [-0.4, -0.2) is 60.2 Å². The second-order valence-corrected chi connectivity index (χ2v) is 14.1. The van der Waals surface area contributed by atoms with Gasteiger partial charge >= 0.3 is 24.2 Å². The van der Waals surface area contributed by atoms with E-state index < -0.39 is 42.4 Å². The molecule has 4 aromatic rings. The molecule has 5 rings (SSSR count). The number of carboxylic acid groups (broad SMARTS) is 1. The minimum Gasteiger partial charge on any atom is -0.481 e. The van der Waals surface area contributed by atoms with E-state index in [-0.39, 0.29) is 19.8 Å². The molecule has 276 valence electrons. The first-order valence-corrected chi connectivity index (χ1v) is 18.6. The van der Waals surface area contributed by atoms with Gasteiger partial charge < -0.3 is 40.0 Å². The SMILES string of the molecule is CC(OC(=O)NCCCC[C@@H](COC(=O)N(Cc1cccs1)Cc1cccs1)NC(=O)N[C@@H](CC(=O)O)c1ccc2c(c1)OCO2)c1ccccc1. The highest BCUT2D eigenvalue weighted by Crippen LogP contribution is 2.35. The predicted octanol–water partition coefficient (Wildman–Crippen LogP) is 7.22. The van der Waals surface area contributed by atoms with E-state index in [1.54, 1.807) is 52.7 Å². The molecule has 3 atom stereocenters. The maximum absolute atomic E-state index is 13.4. The quantitative estimate of drug-likeness (QED) is 0.0769. The van der Waals surface area contributed by atoms with Crippen LogP contribution in [0.25, 0.3) is 0 Å². The van der Waals surface area contributed by atoms with Crippen LogP contribution in [0, 0.1) is 0 Å². The number of amides is 4. The lowest BCUT2D eigenvalue weighted by Crippen LogP contribution is -2.46. The number of carbonyl (C=O) groups is 4. The Hall–Kier alpha value is -5.28. The molecule has 1 aliphatic rings. The van der Waals surface area contributed by atoms with Gasteiger partial charge in [-0.05, 0) is 72.3 Å². The maximum Gasteiger partial charge on any atom is 0.410 e. The summed E-state index contributed by atoms with van der Waals surface area (Å²) in [5.41, 5.74) is 1.41. The zero-order valence-corrected chi connectivity index (χ0v) is 30.3. The van der Waals surface area contributed by atoms with Crippen LogP contribution in [-0.2, 0) is 27.4 Å². The molecule has 1 aliphatic heterocycles. The van der Waals surface area contributed by atoms with Gasteiger partial charge in [0, 0.05) is 16.3 Å². The van der Waals surface area contributed by atoms with E-state index in [0.29, 0.717) is 56.0 Å². The molecule has 0 saturated heterocycles. The highest BCUT2D eigenvalue weighted by Gasteiger charge is 2.25. The molecule has 4 N–H and O–H groups in total. The van der Waals surface area contributed by atoms with Gasteiger partial charge in [-0.25, -0.2) is 14.4 Å². The molecular formula is C37H42N4O9S2. The van der Waals surface area contributed by atoms with Crippen LogP contribution in [0.5, 0.6) is 11.5 Å². The molecule has 1 unspecified atom stereocenters. The van der Waals surface area contributed by atoms with Crippen LogP contribution in [0.15, 0.2) is 83.6 Å². The third-order valence-corrected chi connectivity index (χ3v) is 9.86. The van der Waals surface area contributed by atoms with Crippen LogP contribution >= 0.6 is 22.7 Å². The van der Waals surface area contributed by atoms with Gasteiger partial charge in [0.2, 0.25) is 6.79 Å². The third-order valence-electron chi connectivity index (χ3n) is 8.14. The lowest BCUT2D eigenvalue weighted by Gasteiger charge is -2.25. The lowest BCUT2D eigenvalue weighted by molar-refractivity contribution is -0.137. The molecule has 0 fully saturated rings. The van der Waals surface area contributed by atoms with Gasteiger partial charge in [0.05, 0.1) is 31.6 Å². The number of aliphatic carboxylic acids is 1. The average molecular weight is 751 g/mol. The molecule has 0 radical (unpaired) electrons. The van der Waals surface area contributed by atoms with Gasteiger partial charge in [-0.3, -0.25) is 9.69 Å². The number of urea groups is 1. The Bertz CT molecular complexity index is 1700. The number of unbranched alkanes of at least 4 members (excludes halogenated alkanes) is 1. The monoisotopic (exact) mass is 750 g/mol. The predicted molar refractivity (Wildman–Crippen MR) is 195 cm³/mol. The highest BCUT2D eigenvalue weighted by atomic mass is 32.1. The van der Waals surface area contributed by atoms with E-state index in [0.717, 1.165) is 15.3 Å². The van der Waals surface area contributed by atoms with Gasteiger partial charge in [0.15, 0.2) is 11.5 Å². The second kappa shape index (κ2) is 19.4. The van der Waals surface area contributed by atoms with Crippen LogP contribution in [0.1, 0.15) is 65.6 Å². The summed E-state index contributed by atoms with van der Waals surface area (Å²) in [4.78, 5) is 54.5. The molecule has 3 heterocycles. The number of nitrogens with one attached hydrogen (secondary N) is 3. The molecular weight excluding hydrogens is 709 g/mol. The first kappa shape index (κ1) is 38.0. The van der Waals surface area contributed by atoms with E-state index in [1.165, 1.54) is 0 Å². The summed E-state index contributed by atoms with van der Waals surface area (Å²) in [6, 6.07) is 20.0. The van der Waals surface area contributed by atoms with Crippen molar-refractivity contribution >= 4 is 46.9 Å². The van der Waals surface area contributed by atoms with Crippen LogP contribution in [0.3, 0.4) is 0 Å². The van der Waals surface area contributed by atoms with Crippen molar-refractivity contribution in [2.24, 2.45) is 0 Å². The zero-order chi connectivity index (χ0) is 36.7. The fraction of sp³-hybridized carbons (Fsp3) is 0.351. The first-order valence-electron chi connectivity index (χ1n) is 16.9. The van der Waals surface area contributed by atoms with E-state index >= 15 is 0 Å². The Morgan fingerprint density at radius 3 is 2.25 bits per heavy atom. The number of nitrogens with zero attached hydrogens (tertiary/aromatic N) is 1. The fourth-order valence-corrected chi connectivity index (χ4v) is 6.91. The standard InChI is InChI=1S/C37H42N4O9S2/c1-25(26-9-3-2-4-10-26)50-36(45)38-16-6-5-11-28(23-47-37(46)41(21-29-12-7-17-51-29)22-30-13-8-18-52-30)39-35(44)40-31(20-34(42)43)27-14-15-32-33(19-27)49-24-48-32/h2-4,7-10,12-15,17-19,25,28,31H,5-6,11,16,20-24H2,1H3,(H,38,45)(H,42,43)(H2,39,40,44)/t25?,28-,31-/m0/s1. The zero-order valence-electron chi connectivity index (χ0n) is 28.7. The number of benzene rings is 2. The molecule has 15 heteroatoms. The summed E-state index contributed by atoms with van der Waals surface area (Å²) in [6.45, 7) is 2.79. The van der Waals surface area contributed by atoms with Crippen LogP contribution in [0.4, 0.5) is 14.4 Å². The summed E-state index contributed by atoms with van der Waals surface area (Å²) in [6.07, 6.45) is -0.335. The van der Waals surface area contributed by atoms with Gasteiger partial charge in [-0.2, -0.15) is 0 Å². The number of rotatable bonds is 18. The van der Waals surface area contributed by atoms with E-state index in [4.69, 9.17) is 18.9 Å². The highest BCUT2D eigenvalue weighted by molar-refractivity contribution is 7.10. The summed E-state index contributed by atoms with van der Waals surface area (Å²) >= 11 is 3.08. The Kier molecular flexibility index (Phi) is 14.1. The minimum atomic E-state index is -1.10. The van der Waals surface area contributed by atoms with Crippen molar-refractivity contribution in [3.05, 3.63) is 104 Å². The second-order valence-electron chi connectivity index (χ2n) is 12.1. The molecule has 13 nitrogen and oxygen atoms in total. The molecule has 0 saturated carbocycles. The van der Waals surface area contributed by atoms with Crippen LogP contribution < -0.4 is 25.4 Å². The maximum atomic E-state index is 13.4. The van der Waals surface area contributed by atoms with Crippen molar-refractivity contribution in [2.75, 3.05) is 19.9 Å². The number of carbonyl (C=O) groups excluding carboxylic acids is 3. The number of hydrogen-bond donors (Lipinski definition) is 4. The van der Waals surface area contributed by atoms with Crippen molar-refractivity contribution in [1.29, 1.82) is 0 Å². The van der Waals surface area contributed by atoms with E-state index in [9.17, 15) is 24.3 Å². The molecule has 4 amide bonds. The number of ether oxygens (including phenoxy) is 4. The van der Waals surface area contributed by atoms with Gasteiger partial charge in [-0.15, -0.1) is 22.7 Å². The number of thiophene rings is 2. The van der Waals surface area contributed by atoms with Crippen molar-refractivity contribution in [3.63, 3.8) is 0 Å². The Morgan fingerprint density at radius 1 is 0.865 bits per heavy atom. The van der Waals surface area contributed by atoms with Crippen molar-refractivity contribution in [1.82, 2.24) is 20.9 Å². The van der Waals surface area contributed by atoms with Gasteiger partial charge in [-0.1, -0.05) is 48.5 Å². The fourth-order valence-electron chi connectivity index (χ4n) is 5.47. The molecule has 0 spiro atoms. The van der Waals surface area contributed by atoms with Crippen LogP contribution in [0.2, 0.25) is 0 Å². The Balaban J connectivity index is 1.19. The Labute approximate surface area is 309 Å². The summed E-state index contributed by atoms with van der Waals surface area (Å²) < 4.78 is 22.1. The molecule has 0 bridgehead atoms. The van der Waals surface area contributed by atoms with Gasteiger partial charge in [0.1, 0.15) is 12.7 Å². The van der Waals surface area contributed by atoms with Crippen molar-refractivity contribution in [3.8, 4) is 11.5 Å². The largest absolute Gasteiger partial charge is 0.481 e. The molecule has 2 aromatic heterocycles. The molecule has 52 heavy (non-hydrogen) atoms. The summed E-state index contributed by atoms with van der Waals surface area (Å²) in [5, 5.41) is 21.9. The molecule has 0 aliphatic carbocycles. The Morgan fingerprint density at radius 2 is 1.58 bits per heavy atom. The van der Waals surface area contributed by atoms with Crippen molar-refractivity contribution < 1.29 is 43.2 Å². The number of alkyl carbamates (subject to hydrolysis) is 1. The van der Waals surface area contributed by atoms with Crippen molar-refractivity contribution in [2.45, 2.75) is 63.9 Å². The average Bonchev–Trinajstić information content (AvgIpc) is 3.94. The minimum absolute atomic E-state index is 0.0539. The summed E-state index contributed by atoms with van der Waals surface area (Å²) in [7, 11) is 0. The number of carboxylic acids is 1. The molecule has 2 aromatic carbocycles. The van der Waals surface area contributed by atoms with Gasteiger partial charge in [0.25, 0.3) is 0 Å². The number of hydrogen-bond acceptors (Lipinski definition) is 10. The van der Waals surface area contributed by atoms with E-state index in [2.05, 4.69) is 16.0 Å². The normalized spacial score (nSPS) is 13.3. The first-order chi connectivity index (χ1) is 25.2. The van der Waals surface area contributed by atoms with E-state index in [1.807, 2.05) is 65.4 Å². The number of fused-ring (bicyclic) bond motifs is 1. The lowest BCUT2D eigenvalue weighted by atomic mass is 10.0. The smallest absolute Gasteiger partial charge is 0.410 e. The topological polar surface area (TPSA) is 165 Å².